The molecule has 0 saturated heterocycles. The fourth-order valence-corrected chi connectivity index (χ4v) is 4.45. The van der Waals surface area contributed by atoms with E-state index in [1.54, 1.807) is 41.3 Å². The maximum Gasteiger partial charge on any atom is 0.354 e. The number of aryl methyl sites for hydroxylation is 1. The molecule has 0 bridgehead atoms. The van der Waals surface area contributed by atoms with E-state index in [0.29, 0.717) is 27.8 Å². The smallest absolute Gasteiger partial charge is 0.334 e. The summed E-state index contributed by atoms with van der Waals surface area (Å²) in [6, 6.07) is 22.0. The lowest BCUT2D eigenvalue weighted by Gasteiger charge is -2.22. The zero-order chi connectivity index (χ0) is 26.5. The van der Waals surface area contributed by atoms with Crippen molar-refractivity contribution in [3.8, 4) is 6.07 Å². The van der Waals surface area contributed by atoms with Crippen molar-refractivity contribution >= 4 is 51.9 Å². The molecular formula is C27H22Cl2N6O2. The molecule has 0 radical (unpaired) electrons. The molecule has 1 N–H and O–H groups in total. The Labute approximate surface area is 224 Å². The molecule has 1 aromatic heterocycles. The van der Waals surface area contributed by atoms with Gasteiger partial charge in [0.2, 0.25) is 11.6 Å². The van der Waals surface area contributed by atoms with Crippen LogP contribution in [0.3, 0.4) is 0 Å². The summed E-state index contributed by atoms with van der Waals surface area (Å²) in [5, 5.41) is 26.0. The quantitative estimate of drug-likeness (QED) is 0.184. The molecule has 10 heteroatoms. The maximum absolute atomic E-state index is 12.2. The third-order valence-corrected chi connectivity index (χ3v) is 6.44. The first-order valence-corrected chi connectivity index (χ1v) is 12.1. The van der Waals surface area contributed by atoms with Crippen molar-refractivity contribution in [1.29, 1.82) is 5.26 Å². The van der Waals surface area contributed by atoms with Crippen LogP contribution in [0.4, 0.5) is 28.7 Å². The third-order valence-electron chi connectivity index (χ3n) is 5.87. The minimum absolute atomic E-state index is 0.0332. The minimum atomic E-state index is -0.610. The second kappa shape index (κ2) is 11.2. The number of nitriles is 1. The number of nitro groups is 1. The first-order chi connectivity index (χ1) is 17.8. The lowest BCUT2D eigenvalue weighted by molar-refractivity contribution is -0.383. The number of nitrogens with one attached hydrogen (secondary N) is 1. The maximum atomic E-state index is 12.2. The van der Waals surface area contributed by atoms with Crippen molar-refractivity contribution in [3.63, 3.8) is 0 Å². The highest BCUT2D eigenvalue weighted by Crippen LogP contribution is 2.39. The number of aromatic nitrogens is 2. The highest BCUT2D eigenvalue weighted by Gasteiger charge is 2.28. The highest BCUT2D eigenvalue weighted by atomic mass is 35.5. The van der Waals surface area contributed by atoms with Gasteiger partial charge in [0, 0.05) is 28.0 Å². The summed E-state index contributed by atoms with van der Waals surface area (Å²) in [7, 11) is 0. The van der Waals surface area contributed by atoms with Crippen LogP contribution < -0.4 is 10.2 Å². The predicted molar refractivity (Wildman–Crippen MR) is 146 cm³/mol. The van der Waals surface area contributed by atoms with Gasteiger partial charge in [-0.3, -0.25) is 10.1 Å². The number of hydrogen-bond acceptors (Lipinski definition) is 7. The van der Waals surface area contributed by atoms with Crippen LogP contribution in [0.1, 0.15) is 29.5 Å². The Balaban J connectivity index is 1.73. The van der Waals surface area contributed by atoms with Crippen LogP contribution in [0.2, 0.25) is 10.0 Å². The van der Waals surface area contributed by atoms with Gasteiger partial charge < -0.3 is 10.2 Å². The van der Waals surface area contributed by atoms with Gasteiger partial charge in [-0.05, 0) is 60.9 Å². The number of anilines is 4. The molecule has 4 rings (SSSR count). The molecule has 0 saturated carbocycles. The van der Waals surface area contributed by atoms with Crippen LogP contribution in [0.15, 0.2) is 73.1 Å². The Morgan fingerprint density at radius 1 is 1.11 bits per heavy atom. The topological polar surface area (TPSA) is 108 Å². The average molecular weight is 533 g/mol. The Morgan fingerprint density at radius 3 is 2.43 bits per heavy atom. The zero-order valence-electron chi connectivity index (χ0n) is 20.0. The number of para-hydroxylation sites is 1. The van der Waals surface area contributed by atoms with E-state index in [2.05, 4.69) is 21.4 Å². The van der Waals surface area contributed by atoms with Gasteiger partial charge in [0.15, 0.2) is 0 Å². The summed E-state index contributed by atoms with van der Waals surface area (Å²) < 4.78 is 0. The van der Waals surface area contributed by atoms with Gasteiger partial charge in [-0.25, -0.2) is 9.97 Å². The molecule has 186 valence electrons. The number of nitrogens with zero attached hydrogens (tertiary/aromatic N) is 5. The molecule has 1 atom stereocenters. The van der Waals surface area contributed by atoms with Crippen molar-refractivity contribution in [1.82, 2.24) is 9.97 Å². The SMILES string of the molecule is CCN(c1ccccc1)c1ncnc(Nc2cc(Cl)c(C(C#N)c3ccc(Cl)cc3)cc2C)c1[N+](=O)[O-]. The first-order valence-electron chi connectivity index (χ1n) is 11.4. The molecule has 3 aromatic carbocycles. The molecule has 8 nitrogen and oxygen atoms in total. The Bertz CT molecular complexity index is 1470. The molecule has 4 aromatic rings. The van der Waals surface area contributed by atoms with Gasteiger partial charge in [0.25, 0.3) is 0 Å². The van der Waals surface area contributed by atoms with Gasteiger partial charge in [0.1, 0.15) is 6.33 Å². The number of halogens is 2. The fourth-order valence-electron chi connectivity index (χ4n) is 4.06. The normalized spacial score (nSPS) is 11.4. The van der Waals surface area contributed by atoms with Crippen LogP contribution in [-0.4, -0.2) is 21.4 Å². The van der Waals surface area contributed by atoms with E-state index in [1.807, 2.05) is 44.2 Å². The molecule has 0 aliphatic heterocycles. The van der Waals surface area contributed by atoms with Gasteiger partial charge in [-0.2, -0.15) is 5.26 Å². The number of benzene rings is 3. The summed E-state index contributed by atoms with van der Waals surface area (Å²) >= 11 is 12.6. The summed E-state index contributed by atoms with van der Waals surface area (Å²) in [6.07, 6.45) is 1.29. The molecule has 0 aliphatic rings. The summed E-state index contributed by atoms with van der Waals surface area (Å²) in [6.45, 7) is 4.18. The highest BCUT2D eigenvalue weighted by molar-refractivity contribution is 6.32. The molecular weight excluding hydrogens is 511 g/mol. The van der Waals surface area contributed by atoms with Gasteiger partial charge in [-0.15, -0.1) is 0 Å². The molecule has 1 heterocycles. The van der Waals surface area contributed by atoms with Crippen molar-refractivity contribution in [2.75, 3.05) is 16.8 Å². The van der Waals surface area contributed by atoms with E-state index in [1.165, 1.54) is 6.33 Å². The van der Waals surface area contributed by atoms with Crippen LogP contribution in [0.5, 0.6) is 0 Å². The van der Waals surface area contributed by atoms with Crippen molar-refractivity contribution in [3.05, 3.63) is 110 Å². The Hall–Kier alpha value is -4.19. The molecule has 1 unspecified atom stereocenters. The fraction of sp³-hybridized carbons (Fsp3) is 0.148. The second-order valence-corrected chi connectivity index (χ2v) is 9.00. The molecule has 37 heavy (non-hydrogen) atoms. The van der Waals surface area contributed by atoms with E-state index in [0.717, 1.165) is 16.8 Å². The van der Waals surface area contributed by atoms with Gasteiger partial charge >= 0.3 is 5.69 Å². The Kier molecular flexibility index (Phi) is 7.87. The van der Waals surface area contributed by atoms with Crippen LogP contribution in [0, 0.1) is 28.4 Å². The first kappa shape index (κ1) is 25.9. The second-order valence-electron chi connectivity index (χ2n) is 8.16. The van der Waals surface area contributed by atoms with E-state index < -0.39 is 10.8 Å². The standard InChI is InChI=1S/C27H22Cl2N6O2/c1-3-34(20-7-5-4-6-8-20)27-25(35(36)37)26(31-16-32-27)33-24-14-23(29)21(13-17(24)2)22(15-30)18-9-11-19(28)12-10-18/h4-14,16,22H,3H2,1-2H3,(H,31,32,33). The molecule has 0 amide bonds. The van der Waals surface area contributed by atoms with Crippen LogP contribution >= 0.6 is 23.2 Å². The van der Waals surface area contributed by atoms with E-state index in [-0.39, 0.29) is 17.3 Å². The zero-order valence-corrected chi connectivity index (χ0v) is 21.5. The summed E-state index contributed by atoms with van der Waals surface area (Å²) in [4.78, 5) is 21.8. The molecule has 0 aliphatic carbocycles. The molecule has 0 fully saturated rings. The van der Waals surface area contributed by atoms with E-state index >= 15 is 0 Å². The van der Waals surface area contributed by atoms with Crippen LogP contribution in [-0.2, 0) is 0 Å². The van der Waals surface area contributed by atoms with Crippen molar-refractivity contribution in [2.24, 2.45) is 0 Å². The van der Waals surface area contributed by atoms with Gasteiger partial charge in [-0.1, -0.05) is 59.6 Å². The number of hydrogen-bond donors (Lipinski definition) is 1. The monoisotopic (exact) mass is 532 g/mol. The van der Waals surface area contributed by atoms with E-state index in [4.69, 9.17) is 23.2 Å². The average Bonchev–Trinajstić information content (AvgIpc) is 2.89. The lowest BCUT2D eigenvalue weighted by atomic mass is 9.91. The predicted octanol–water partition coefficient (Wildman–Crippen LogP) is 7.56. The largest absolute Gasteiger partial charge is 0.354 e. The minimum Gasteiger partial charge on any atom is -0.334 e. The van der Waals surface area contributed by atoms with Gasteiger partial charge in [0.05, 0.1) is 16.9 Å². The van der Waals surface area contributed by atoms with Crippen molar-refractivity contribution in [2.45, 2.75) is 19.8 Å². The summed E-state index contributed by atoms with van der Waals surface area (Å²) in [5.74, 6) is -0.406. The summed E-state index contributed by atoms with van der Waals surface area (Å²) in [5.41, 5.74) is 3.14. The van der Waals surface area contributed by atoms with Crippen LogP contribution in [0.25, 0.3) is 0 Å². The van der Waals surface area contributed by atoms with E-state index in [9.17, 15) is 15.4 Å². The number of rotatable bonds is 8. The Morgan fingerprint density at radius 2 is 1.81 bits per heavy atom. The third kappa shape index (κ3) is 5.48. The lowest BCUT2D eigenvalue weighted by Crippen LogP contribution is -2.19. The van der Waals surface area contributed by atoms with Crippen molar-refractivity contribution < 1.29 is 4.92 Å². The molecule has 0 spiro atoms.